The molecule has 0 spiro atoms. The maximum Gasteiger partial charge on any atom is 0.132 e. The number of ether oxygens (including phenoxy) is 1. The molecule has 0 fully saturated rings. The predicted molar refractivity (Wildman–Crippen MR) is 114 cm³/mol. The number of halogens is 3. The zero-order chi connectivity index (χ0) is 19.6. The fourth-order valence-corrected chi connectivity index (χ4v) is 3.29. The summed E-state index contributed by atoms with van der Waals surface area (Å²) >= 11 is 9.51. The molecule has 0 bridgehead atoms. The molecule has 0 radical (unpaired) electrons. The quantitative estimate of drug-likeness (QED) is 0.429. The van der Waals surface area contributed by atoms with Crippen LogP contribution in [0.15, 0.2) is 59.1 Å². The molecular weight excluding hydrogens is 429 g/mol. The van der Waals surface area contributed by atoms with Crippen molar-refractivity contribution < 1.29 is 9.13 Å². The normalized spacial score (nSPS) is 11.9. The zero-order valence-electron chi connectivity index (χ0n) is 15.3. The van der Waals surface area contributed by atoms with E-state index < -0.39 is 0 Å². The van der Waals surface area contributed by atoms with Gasteiger partial charge in [-0.05, 0) is 86.5 Å². The average Bonchev–Trinajstić information content (AvgIpc) is 2.63. The fourth-order valence-electron chi connectivity index (χ4n) is 2.94. The average molecular weight is 449 g/mol. The smallest absolute Gasteiger partial charge is 0.132 e. The summed E-state index contributed by atoms with van der Waals surface area (Å²) in [5.74, 6) is 0.948. The number of anilines is 1. The second-order valence-corrected chi connectivity index (χ2v) is 7.76. The lowest BCUT2D eigenvalue weighted by Gasteiger charge is -2.20. The summed E-state index contributed by atoms with van der Waals surface area (Å²) in [5.41, 5.74) is 3.99. The van der Waals surface area contributed by atoms with Gasteiger partial charge >= 0.3 is 0 Å². The second-order valence-electron chi connectivity index (χ2n) is 6.53. The molecule has 0 heterocycles. The standard InChI is InChI=1S/C22H20BrClFNO/c1-13-10-18(11-14(2)22(13)23)26-15(3)20-12-17(25)6-9-21(20)27-19-7-4-16(24)5-8-19/h4-12,15,26H,1-3H3. The Morgan fingerprint density at radius 2 is 1.63 bits per heavy atom. The molecule has 27 heavy (non-hydrogen) atoms. The lowest BCUT2D eigenvalue weighted by molar-refractivity contribution is 0.471. The van der Waals surface area contributed by atoms with Gasteiger partial charge in [-0.15, -0.1) is 0 Å². The summed E-state index contributed by atoms with van der Waals surface area (Å²) < 4.78 is 21.0. The Bertz CT molecular complexity index is 936. The van der Waals surface area contributed by atoms with Gasteiger partial charge in [0.1, 0.15) is 17.3 Å². The van der Waals surface area contributed by atoms with Gasteiger partial charge in [0.05, 0.1) is 6.04 Å². The Kier molecular flexibility index (Phi) is 6.08. The molecule has 2 nitrogen and oxygen atoms in total. The molecule has 3 rings (SSSR count). The predicted octanol–water partition coefficient (Wildman–Crippen LogP) is 7.82. The highest BCUT2D eigenvalue weighted by Gasteiger charge is 2.15. The molecule has 1 unspecified atom stereocenters. The highest BCUT2D eigenvalue weighted by atomic mass is 79.9. The summed E-state index contributed by atoms with van der Waals surface area (Å²) in [7, 11) is 0. The Morgan fingerprint density at radius 1 is 1.00 bits per heavy atom. The van der Waals surface area contributed by atoms with E-state index in [-0.39, 0.29) is 11.9 Å². The number of rotatable bonds is 5. The minimum absolute atomic E-state index is 0.150. The monoisotopic (exact) mass is 447 g/mol. The molecule has 0 aliphatic carbocycles. The first-order chi connectivity index (χ1) is 12.8. The fraction of sp³-hybridized carbons (Fsp3) is 0.182. The first-order valence-electron chi connectivity index (χ1n) is 8.59. The van der Waals surface area contributed by atoms with Gasteiger partial charge in [0.25, 0.3) is 0 Å². The zero-order valence-corrected chi connectivity index (χ0v) is 17.7. The summed E-state index contributed by atoms with van der Waals surface area (Å²) in [6.07, 6.45) is 0. The molecular formula is C22H20BrClFNO. The molecule has 140 valence electrons. The van der Waals surface area contributed by atoms with Gasteiger partial charge in [0.15, 0.2) is 0 Å². The van der Waals surface area contributed by atoms with E-state index in [1.165, 1.54) is 12.1 Å². The van der Waals surface area contributed by atoms with Crippen molar-refractivity contribution >= 4 is 33.2 Å². The van der Waals surface area contributed by atoms with Crippen molar-refractivity contribution in [3.05, 3.63) is 86.6 Å². The van der Waals surface area contributed by atoms with Crippen LogP contribution in [0.1, 0.15) is 29.7 Å². The van der Waals surface area contributed by atoms with Crippen molar-refractivity contribution in [2.75, 3.05) is 5.32 Å². The van der Waals surface area contributed by atoms with Crippen LogP contribution in [0.25, 0.3) is 0 Å². The number of hydrogen-bond donors (Lipinski definition) is 1. The van der Waals surface area contributed by atoms with Crippen LogP contribution < -0.4 is 10.1 Å². The lowest BCUT2D eigenvalue weighted by Crippen LogP contribution is -2.09. The number of aryl methyl sites for hydroxylation is 2. The van der Waals surface area contributed by atoms with E-state index in [0.717, 1.165) is 26.9 Å². The molecule has 0 aliphatic rings. The van der Waals surface area contributed by atoms with Gasteiger partial charge in [0, 0.05) is 20.7 Å². The molecule has 3 aromatic rings. The Morgan fingerprint density at radius 3 is 2.26 bits per heavy atom. The third-order valence-corrected chi connectivity index (χ3v) is 5.80. The molecule has 1 N–H and O–H groups in total. The van der Waals surface area contributed by atoms with E-state index >= 15 is 0 Å². The lowest BCUT2D eigenvalue weighted by atomic mass is 10.1. The van der Waals surface area contributed by atoms with Crippen LogP contribution in [0.4, 0.5) is 10.1 Å². The first-order valence-corrected chi connectivity index (χ1v) is 9.76. The van der Waals surface area contributed by atoms with Crippen molar-refractivity contribution in [1.82, 2.24) is 0 Å². The van der Waals surface area contributed by atoms with Crippen molar-refractivity contribution in [1.29, 1.82) is 0 Å². The van der Waals surface area contributed by atoms with E-state index in [9.17, 15) is 4.39 Å². The molecule has 0 aromatic heterocycles. The molecule has 0 amide bonds. The Labute approximate surface area is 172 Å². The van der Waals surface area contributed by atoms with E-state index in [1.54, 1.807) is 30.3 Å². The van der Waals surface area contributed by atoms with E-state index in [0.29, 0.717) is 16.5 Å². The molecule has 0 saturated heterocycles. The molecule has 0 saturated carbocycles. The van der Waals surface area contributed by atoms with Crippen LogP contribution in [-0.2, 0) is 0 Å². The summed E-state index contributed by atoms with van der Waals surface area (Å²) in [5, 5.41) is 4.08. The second kappa shape index (κ2) is 8.32. The highest BCUT2D eigenvalue weighted by molar-refractivity contribution is 9.10. The van der Waals surface area contributed by atoms with Crippen LogP contribution in [0.5, 0.6) is 11.5 Å². The van der Waals surface area contributed by atoms with Gasteiger partial charge in [0.2, 0.25) is 0 Å². The first kappa shape index (κ1) is 19.7. The summed E-state index contributed by atoms with van der Waals surface area (Å²) in [6.45, 7) is 6.07. The van der Waals surface area contributed by atoms with Gasteiger partial charge in [-0.2, -0.15) is 0 Å². The Balaban J connectivity index is 1.88. The minimum Gasteiger partial charge on any atom is -0.457 e. The topological polar surface area (TPSA) is 21.3 Å². The van der Waals surface area contributed by atoms with Crippen molar-refractivity contribution in [3.63, 3.8) is 0 Å². The van der Waals surface area contributed by atoms with Gasteiger partial charge < -0.3 is 10.1 Å². The van der Waals surface area contributed by atoms with Crippen LogP contribution in [0, 0.1) is 19.7 Å². The van der Waals surface area contributed by atoms with Crippen molar-refractivity contribution in [2.24, 2.45) is 0 Å². The molecule has 3 aromatic carbocycles. The van der Waals surface area contributed by atoms with Gasteiger partial charge in [-0.1, -0.05) is 27.5 Å². The van der Waals surface area contributed by atoms with Crippen LogP contribution in [0.2, 0.25) is 5.02 Å². The van der Waals surface area contributed by atoms with Gasteiger partial charge in [-0.3, -0.25) is 0 Å². The van der Waals surface area contributed by atoms with E-state index in [2.05, 4.69) is 33.4 Å². The van der Waals surface area contributed by atoms with Gasteiger partial charge in [-0.25, -0.2) is 4.39 Å². The van der Waals surface area contributed by atoms with Crippen molar-refractivity contribution in [2.45, 2.75) is 26.8 Å². The maximum atomic E-state index is 13.9. The van der Waals surface area contributed by atoms with E-state index in [1.807, 2.05) is 20.8 Å². The minimum atomic E-state index is -0.301. The highest BCUT2D eigenvalue weighted by Crippen LogP contribution is 2.34. The van der Waals surface area contributed by atoms with Crippen LogP contribution in [-0.4, -0.2) is 0 Å². The largest absolute Gasteiger partial charge is 0.457 e. The number of nitrogens with one attached hydrogen (secondary N) is 1. The van der Waals surface area contributed by atoms with E-state index in [4.69, 9.17) is 16.3 Å². The summed E-state index contributed by atoms with van der Waals surface area (Å²) in [4.78, 5) is 0. The summed E-state index contributed by atoms with van der Waals surface area (Å²) in [6, 6.07) is 15.6. The Hall–Kier alpha value is -2.04. The number of hydrogen-bond acceptors (Lipinski definition) is 2. The third-order valence-electron chi connectivity index (χ3n) is 4.30. The van der Waals surface area contributed by atoms with Crippen molar-refractivity contribution in [3.8, 4) is 11.5 Å². The molecule has 5 heteroatoms. The number of benzene rings is 3. The third kappa shape index (κ3) is 4.82. The molecule has 0 aliphatic heterocycles. The SMILES string of the molecule is Cc1cc(NC(C)c2cc(F)ccc2Oc2ccc(Cl)cc2)cc(C)c1Br. The maximum absolute atomic E-state index is 13.9. The van der Waals surface area contributed by atoms with Crippen LogP contribution >= 0.6 is 27.5 Å². The molecule has 1 atom stereocenters. The van der Waals surface area contributed by atoms with Crippen LogP contribution in [0.3, 0.4) is 0 Å².